The molecule has 144 valence electrons. The molecule has 0 aliphatic rings. The Kier molecular flexibility index (Phi) is 6.14. The van der Waals surface area contributed by atoms with Gasteiger partial charge in [-0.2, -0.15) is 0 Å². The summed E-state index contributed by atoms with van der Waals surface area (Å²) in [4.78, 5) is 0. The fourth-order valence-electron chi connectivity index (χ4n) is 3.93. The second-order valence-electron chi connectivity index (χ2n) is 10.9. The topological polar surface area (TPSA) is 44.5 Å². The maximum Gasteiger partial charge on any atom is 0.143 e. The van der Waals surface area contributed by atoms with Crippen LogP contribution >= 0.6 is 0 Å². The van der Waals surface area contributed by atoms with E-state index in [9.17, 15) is 0 Å². The number of rotatable bonds is 6. The predicted molar refractivity (Wildman–Crippen MR) is 108 cm³/mol. The Balaban J connectivity index is 2.87. The molecule has 25 heavy (non-hydrogen) atoms. The zero-order chi connectivity index (χ0) is 19.7. The van der Waals surface area contributed by atoms with Crippen LogP contribution in [-0.4, -0.2) is 11.2 Å². The fourth-order valence-corrected chi connectivity index (χ4v) is 3.93. The van der Waals surface area contributed by atoms with Crippen molar-refractivity contribution in [2.24, 2.45) is 10.8 Å². The van der Waals surface area contributed by atoms with E-state index in [1.54, 1.807) is 0 Å². The normalized spacial score (nSPS) is 13.7. The molecule has 3 nitrogen and oxygen atoms in total. The molecule has 1 aromatic carbocycles. The average Bonchev–Trinajstić information content (AvgIpc) is 2.25. The van der Waals surface area contributed by atoms with Crippen molar-refractivity contribution in [1.29, 1.82) is 0 Å². The molecule has 3 heteroatoms. The zero-order valence-corrected chi connectivity index (χ0v) is 18.0. The van der Waals surface area contributed by atoms with Crippen LogP contribution in [0, 0.1) is 10.8 Å². The molecule has 1 rings (SSSR count). The predicted octanol–water partition coefficient (Wildman–Crippen LogP) is 6.46. The van der Waals surface area contributed by atoms with E-state index in [0.29, 0.717) is 5.69 Å². The van der Waals surface area contributed by atoms with Gasteiger partial charge in [-0.15, -0.1) is 0 Å². The van der Waals surface area contributed by atoms with Gasteiger partial charge in [-0.1, -0.05) is 41.5 Å². The van der Waals surface area contributed by atoms with Gasteiger partial charge in [0, 0.05) is 6.07 Å². The third-order valence-corrected chi connectivity index (χ3v) is 3.67. The van der Waals surface area contributed by atoms with Crippen molar-refractivity contribution in [3.63, 3.8) is 0 Å². The van der Waals surface area contributed by atoms with E-state index in [1.807, 2.05) is 18.2 Å². The van der Waals surface area contributed by atoms with Gasteiger partial charge >= 0.3 is 0 Å². The van der Waals surface area contributed by atoms with Crippen molar-refractivity contribution in [3.05, 3.63) is 18.2 Å². The van der Waals surface area contributed by atoms with Crippen LogP contribution < -0.4 is 15.2 Å². The van der Waals surface area contributed by atoms with Crippen LogP contribution in [0.3, 0.4) is 0 Å². The van der Waals surface area contributed by atoms with Crippen LogP contribution in [-0.2, 0) is 0 Å². The van der Waals surface area contributed by atoms with Gasteiger partial charge in [0.15, 0.2) is 0 Å². The SMILES string of the molecule is CC(C)(C)CC(C)(C)Oc1ccc(OC(C)(C)CC(C)(C)C)c(N)c1. The molecule has 0 aliphatic carbocycles. The Morgan fingerprint density at radius 2 is 1.16 bits per heavy atom. The smallest absolute Gasteiger partial charge is 0.143 e. The quantitative estimate of drug-likeness (QED) is 0.600. The lowest BCUT2D eigenvalue weighted by atomic mass is 9.83. The van der Waals surface area contributed by atoms with E-state index in [4.69, 9.17) is 15.2 Å². The number of nitrogens with two attached hydrogens (primary N) is 1. The average molecular weight is 350 g/mol. The van der Waals surface area contributed by atoms with Crippen LogP contribution in [0.15, 0.2) is 18.2 Å². The van der Waals surface area contributed by atoms with Crippen LogP contribution in [0.4, 0.5) is 5.69 Å². The molecule has 0 bridgehead atoms. The van der Waals surface area contributed by atoms with Gasteiger partial charge < -0.3 is 15.2 Å². The highest BCUT2D eigenvalue weighted by molar-refractivity contribution is 5.56. The summed E-state index contributed by atoms with van der Waals surface area (Å²) in [5.41, 5.74) is 6.72. The van der Waals surface area contributed by atoms with Gasteiger partial charge in [0.1, 0.15) is 22.7 Å². The molecule has 0 spiro atoms. The Labute approximate surface area is 155 Å². The number of hydrogen-bond donors (Lipinski definition) is 1. The molecule has 0 amide bonds. The van der Waals surface area contributed by atoms with Gasteiger partial charge in [-0.25, -0.2) is 0 Å². The Hall–Kier alpha value is -1.38. The second kappa shape index (κ2) is 7.09. The molecule has 1 aromatic rings. The summed E-state index contributed by atoms with van der Waals surface area (Å²) in [5.74, 6) is 1.50. The van der Waals surface area contributed by atoms with Crippen molar-refractivity contribution in [3.8, 4) is 11.5 Å². The van der Waals surface area contributed by atoms with E-state index >= 15 is 0 Å². The van der Waals surface area contributed by atoms with E-state index in [1.165, 1.54) is 0 Å². The summed E-state index contributed by atoms with van der Waals surface area (Å²) in [6.07, 6.45) is 1.90. The van der Waals surface area contributed by atoms with Crippen molar-refractivity contribution in [2.75, 3.05) is 5.73 Å². The molecule has 0 saturated carbocycles. The number of ether oxygens (including phenoxy) is 2. The van der Waals surface area contributed by atoms with Crippen molar-refractivity contribution < 1.29 is 9.47 Å². The highest BCUT2D eigenvalue weighted by Gasteiger charge is 2.29. The number of nitrogen functional groups attached to an aromatic ring is 1. The molecular weight excluding hydrogens is 310 g/mol. The van der Waals surface area contributed by atoms with Gasteiger partial charge in [-0.3, -0.25) is 0 Å². The molecule has 0 aromatic heterocycles. The molecule has 0 saturated heterocycles. The molecule has 0 fully saturated rings. The van der Waals surface area contributed by atoms with Gasteiger partial charge in [-0.05, 0) is 63.5 Å². The lowest BCUT2D eigenvalue weighted by Gasteiger charge is -2.34. The maximum atomic E-state index is 6.23. The van der Waals surface area contributed by atoms with Crippen molar-refractivity contribution >= 4 is 5.69 Å². The van der Waals surface area contributed by atoms with Crippen LogP contribution in [0.25, 0.3) is 0 Å². The largest absolute Gasteiger partial charge is 0.488 e. The second-order valence-corrected chi connectivity index (χ2v) is 10.9. The first kappa shape index (κ1) is 21.7. The standard InChI is InChI=1S/C22H39NO2/c1-19(2,3)14-21(7,8)24-16-11-12-18(17(23)13-16)25-22(9,10)15-20(4,5)6/h11-13H,14-15,23H2,1-10H3. The summed E-state index contributed by atoms with van der Waals surface area (Å²) >= 11 is 0. The first-order valence-corrected chi connectivity index (χ1v) is 9.26. The van der Waals surface area contributed by atoms with E-state index in [2.05, 4.69) is 69.2 Å². The number of anilines is 1. The van der Waals surface area contributed by atoms with E-state index in [-0.39, 0.29) is 22.0 Å². The maximum absolute atomic E-state index is 6.23. The van der Waals surface area contributed by atoms with Crippen molar-refractivity contribution in [1.82, 2.24) is 0 Å². The van der Waals surface area contributed by atoms with Gasteiger partial charge in [0.2, 0.25) is 0 Å². The Bertz CT molecular complexity index is 575. The summed E-state index contributed by atoms with van der Waals surface area (Å²) in [5, 5.41) is 0. The monoisotopic (exact) mass is 349 g/mol. The number of benzene rings is 1. The highest BCUT2D eigenvalue weighted by atomic mass is 16.5. The molecule has 0 atom stereocenters. The molecule has 0 heterocycles. The first-order valence-electron chi connectivity index (χ1n) is 9.26. The first-order chi connectivity index (χ1) is 11.0. The van der Waals surface area contributed by atoms with Gasteiger partial charge in [0.05, 0.1) is 5.69 Å². The summed E-state index contributed by atoms with van der Waals surface area (Å²) in [6, 6.07) is 5.73. The molecular formula is C22H39NO2. The summed E-state index contributed by atoms with van der Waals surface area (Å²) in [6.45, 7) is 21.8. The Morgan fingerprint density at radius 1 is 0.720 bits per heavy atom. The third kappa shape index (κ3) is 8.51. The fraction of sp³-hybridized carbons (Fsp3) is 0.727. The summed E-state index contributed by atoms with van der Waals surface area (Å²) < 4.78 is 12.4. The van der Waals surface area contributed by atoms with Crippen molar-refractivity contribution in [2.45, 2.75) is 93.3 Å². The Morgan fingerprint density at radius 3 is 1.56 bits per heavy atom. The van der Waals surface area contributed by atoms with Gasteiger partial charge in [0.25, 0.3) is 0 Å². The lowest BCUT2D eigenvalue weighted by Crippen LogP contribution is -2.34. The molecule has 0 aliphatic heterocycles. The highest BCUT2D eigenvalue weighted by Crippen LogP contribution is 2.36. The van der Waals surface area contributed by atoms with Crippen LogP contribution in [0.5, 0.6) is 11.5 Å². The molecule has 2 N–H and O–H groups in total. The van der Waals surface area contributed by atoms with E-state index < -0.39 is 0 Å². The lowest BCUT2D eigenvalue weighted by molar-refractivity contribution is 0.0585. The van der Waals surface area contributed by atoms with Crippen LogP contribution in [0.1, 0.15) is 82.1 Å². The van der Waals surface area contributed by atoms with Crippen LogP contribution in [0.2, 0.25) is 0 Å². The minimum absolute atomic E-state index is 0.193. The minimum atomic E-state index is -0.278. The zero-order valence-electron chi connectivity index (χ0n) is 18.0. The summed E-state index contributed by atoms with van der Waals surface area (Å²) in [7, 11) is 0. The van der Waals surface area contributed by atoms with E-state index in [0.717, 1.165) is 24.3 Å². The minimum Gasteiger partial charge on any atom is -0.488 e. The molecule has 0 unspecified atom stereocenters. The number of hydrogen-bond acceptors (Lipinski definition) is 3. The molecule has 0 radical (unpaired) electrons. The third-order valence-electron chi connectivity index (χ3n) is 3.67.